The van der Waals surface area contributed by atoms with Crippen molar-refractivity contribution in [3.63, 3.8) is 0 Å². The fraction of sp³-hybridized carbons (Fsp3) is 0.250. The normalized spacial score (nSPS) is 21.5. The van der Waals surface area contributed by atoms with Gasteiger partial charge < -0.3 is 18.9 Å². The lowest BCUT2D eigenvalue weighted by atomic mass is 9.92. The molecule has 0 radical (unpaired) electrons. The topological polar surface area (TPSA) is 71.1 Å². The average Bonchev–Trinajstić information content (AvgIpc) is 2.54. The summed E-state index contributed by atoms with van der Waals surface area (Å²) in [7, 11) is 5.79. The monoisotopic (exact) mass is 304 g/mol. The predicted molar refractivity (Wildman–Crippen MR) is 77.4 cm³/mol. The van der Waals surface area contributed by atoms with Crippen molar-refractivity contribution in [1.82, 2.24) is 0 Å². The number of methoxy groups -OCH3 is 4. The van der Waals surface area contributed by atoms with Crippen LogP contribution in [0.2, 0.25) is 0 Å². The molecule has 0 amide bonds. The van der Waals surface area contributed by atoms with Gasteiger partial charge in [0.25, 0.3) is 0 Å². The summed E-state index contributed by atoms with van der Waals surface area (Å²) in [5, 5.41) is 0. The Bertz CT molecular complexity index is 615. The van der Waals surface area contributed by atoms with E-state index in [1.54, 1.807) is 0 Å². The van der Waals surface area contributed by atoms with Crippen LogP contribution in [0.1, 0.15) is 0 Å². The molecule has 0 aromatic rings. The highest BCUT2D eigenvalue weighted by molar-refractivity contribution is 6.18. The third-order valence-electron chi connectivity index (χ3n) is 3.26. The number of rotatable bonds is 4. The third kappa shape index (κ3) is 2.67. The lowest BCUT2D eigenvalue weighted by molar-refractivity contribution is -0.113. The first kappa shape index (κ1) is 15.6. The predicted octanol–water partition coefficient (Wildman–Crippen LogP) is 1.57. The summed E-state index contributed by atoms with van der Waals surface area (Å²) < 4.78 is 20.5. The molecule has 0 N–H and O–H groups in total. The van der Waals surface area contributed by atoms with E-state index in [4.69, 9.17) is 18.9 Å². The van der Waals surface area contributed by atoms with Gasteiger partial charge in [-0.3, -0.25) is 9.59 Å². The molecule has 2 aliphatic carbocycles. The quantitative estimate of drug-likeness (QED) is 0.734. The van der Waals surface area contributed by atoms with Gasteiger partial charge in [0.05, 0.1) is 28.4 Å². The standard InChI is InChI=1S/C16H16O6/c1-19-13-5-9(11(17)7-15(13)21-3)10-6-14(20-2)16(22-4)8-12(10)18/h5-8H,1-4H3. The highest BCUT2D eigenvalue weighted by atomic mass is 16.5. The van der Waals surface area contributed by atoms with Crippen LogP contribution in [0.4, 0.5) is 0 Å². The highest BCUT2D eigenvalue weighted by Gasteiger charge is 2.27. The van der Waals surface area contributed by atoms with Crippen LogP contribution in [0, 0.1) is 0 Å². The van der Waals surface area contributed by atoms with E-state index in [1.165, 1.54) is 52.7 Å². The van der Waals surface area contributed by atoms with E-state index >= 15 is 0 Å². The molecule has 116 valence electrons. The Morgan fingerprint density at radius 1 is 0.545 bits per heavy atom. The first-order valence-electron chi connectivity index (χ1n) is 6.42. The first-order valence-corrected chi connectivity index (χ1v) is 6.42. The molecule has 0 saturated heterocycles. The van der Waals surface area contributed by atoms with Crippen molar-refractivity contribution in [2.75, 3.05) is 28.4 Å². The Kier molecular flexibility index (Phi) is 4.50. The van der Waals surface area contributed by atoms with Crippen LogP contribution in [0.5, 0.6) is 0 Å². The van der Waals surface area contributed by atoms with Crippen LogP contribution < -0.4 is 0 Å². The Morgan fingerprint density at radius 3 is 1.09 bits per heavy atom. The van der Waals surface area contributed by atoms with Crippen molar-refractivity contribution in [2.24, 2.45) is 0 Å². The lowest BCUT2D eigenvalue weighted by Crippen LogP contribution is -2.16. The van der Waals surface area contributed by atoms with Gasteiger partial charge in [-0.2, -0.15) is 0 Å². The maximum absolute atomic E-state index is 12.2. The second-order valence-corrected chi connectivity index (χ2v) is 4.41. The van der Waals surface area contributed by atoms with E-state index in [0.717, 1.165) is 0 Å². The second kappa shape index (κ2) is 6.34. The molecule has 6 nitrogen and oxygen atoms in total. The second-order valence-electron chi connectivity index (χ2n) is 4.41. The van der Waals surface area contributed by atoms with E-state index in [1.807, 2.05) is 0 Å². The average molecular weight is 304 g/mol. The number of hydrogen-bond acceptors (Lipinski definition) is 6. The van der Waals surface area contributed by atoms with Gasteiger partial charge in [-0.25, -0.2) is 0 Å². The summed E-state index contributed by atoms with van der Waals surface area (Å²) in [4.78, 5) is 24.5. The maximum atomic E-state index is 12.2. The minimum Gasteiger partial charge on any atom is -0.493 e. The fourth-order valence-corrected chi connectivity index (χ4v) is 2.14. The summed E-state index contributed by atoms with van der Waals surface area (Å²) in [5.41, 5.74) is 0.423. The molecule has 0 spiro atoms. The molecule has 0 unspecified atom stereocenters. The Hall–Kier alpha value is -2.76. The van der Waals surface area contributed by atoms with Crippen LogP contribution >= 0.6 is 0 Å². The van der Waals surface area contributed by atoms with Crippen LogP contribution in [-0.2, 0) is 28.5 Å². The molecule has 0 heterocycles. The molecular weight excluding hydrogens is 288 g/mol. The van der Waals surface area contributed by atoms with E-state index in [9.17, 15) is 9.59 Å². The van der Waals surface area contributed by atoms with E-state index in [2.05, 4.69) is 0 Å². The van der Waals surface area contributed by atoms with Crippen molar-refractivity contribution in [2.45, 2.75) is 0 Å². The van der Waals surface area contributed by atoms with Gasteiger partial charge in [-0.05, 0) is 12.2 Å². The fourth-order valence-electron chi connectivity index (χ4n) is 2.14. The molecular formula is C16H16O6. The van der Waals surface area contributed by atoms with Crippen LogP contribution in [0.3, 0.4) is 0 Å². The summed E-state index contributed by atoms with van der Waals surface area (Å²) in [6.07, 6.45) is 5.52. The molecule has 0 saturated carbocycles. The van der Waals surface area contributed by atoms with E-state index in [0.29, 0.717) is 23.0 Å². The van der Waals surface area contributed by atoms with Crippen molar-refractivity contribution in [1.29, 1.82) is 0 Å². The molecule has 0 aromatic heterocycles. The zero-order chi connectivity index (χ0) is 16.3. The maximum Gasteiger partial charge on any atom is 0.190 e. The summed E-state index contributed by atoms with van der Waals surface area (Å²) >= 11 is 0. The summed E-state index contributed by atoms with van der Waals surface area (Å²) in [6, 6.07) is 0. The van der Waals surface area contributed by atoms with Gasteiger partial charge in [-0.15, -0.1) is 0 Å². The van der Waals surface area contributed by atoms with Crippen LogP contribution in [0.25, 0.3) is 0 Å². The highest BCUT2D eigenvalue weighted by Crippen LogP contribution is 2.28. The van der Waals surface area contributed by atoms with Gasteiger partial charge in [-0.1, -0.05) is 0 Å². The molecule has 6 heteroatoms. The molecule has 0 atom stereocenters. The van der Waals surface area contributed by atoms with Gasteiger partial charge in [0.2, 0.25) is 0 Å². The lowest BCUT2D eigenvalue weighted by Gasteiger charge is -2.18. The van der Waals surface area contributed by atoms with Crippen LogP contribution in [-0.4, -0.2) is 40.0 Å². The Labute approximate surface area is 128 Å². The van der Waals surface area contributed by atoms with Crippen molar-refractivity contribution >= 4 is 11.6 Å². The van der Waals surface area contributed by atoms with E-state index < -0.39 is 0 Å². The number of hydrogen-bond donors (Lipinski definition) is 0. The molecule has 0 aromatic carbocycles. The number of ether oxygens (including phenoxy) is 4. The van der Waals surface area contributed by atoms with Crippen molar-refractivity contribution in [3.05, 3.63) is 58.5 Å². The zero-order valence-electron chi connectivity index (χ0n) is 12.8. The van der Waals surface area contributed by atoms with Gasteiger partial charge in [0, 0.05) is 23.3 Å². The number of carbonyl (C=O) groups is 2. The zero-order valence-corrected chi connectivity index (χ0v) is 12.8. The van der Waals surface area contributed by atoms with E-state index in [-0.39, 0.29) is 22.7 Å². The molecule has 2 aliphatic rings. The molecule has 0 aliphatic heterocycles. The third-order valence-corrected chi connectivity index (χ3v) is 3.26. The van der Waals surface area contributed by atoms with Gasteiger partial charge in [0.1, 0.15) is 0 Å². The number of carbonyl (C=O) groups excluding carboxylic acids is 2. The van der Waals surface area contributed by atoms with Crippen molar-refractivity contribution < 1.29 is 28.5 Å². The minimum atomic E-state index is -0.345. The minimum absolute atomic E-state index is 0.212. The largest absolute Gasteiger partial charge is 0.493 e. The molecule has 2 rings (SSSR count). The van der Waals surface area contributed by atoms with Gasteiger partial charge in [0.15, 0.2) is 34.6 Å². The van der Waals surface area contributed by atoms with Gasteiger partial charge >= 0.3 is 0 Å². The Morgan fingerprint density at radius 2 is 0.818 bits per heavy atom. The number of allylic oxidation sites excluding steroid dienone is 6. The Balaban J connectivity index is 2.56. The molecule has 0 fully saturated rings. The summed E-state index contributed by atoms with van der Waals surface area (Å²) in [5.74, 6) is 0.662. The SMILES string of the molecule is COC1=CC(=O)C(=C2C=C(OC)C(OC)=CC2=O)C=C1OC. The summed E-state index contributed by atoms with van der Waals surface area (Å²) in [6.45, 7) is 0. The number of ketones is 2. The van der Waals surface area contributed by atoms with Crippen molar-refractivity contribution in [3.8, 4) is 0 Å². The van der Waals surface area contributed by atoms with Crippen LogP contribution in [0.15, 0.2) is 58.5 Å². The molecule has 22 heavy (non-hydrogen) atoms. The molecule has 0 bridgehead atoms. The smallest absolute Gasteiger partial charge is 0.190 e. The first-order chi connectivity index (χ1) is 10.5.